The number of sulfonamides is 1. The molecule has 0 aliphatic heterocycles. The van der Waals surface area contributed by atoms with Crippen molar-refractivity contribution in [1.82, 2.24) is 14.3 Å². The fourth-order valence-electron chi connectivity index (χ4n) is 1.26. The van der Waals surface area contributed by atoms with Gasteiger partial charge in [0, 0.05) is 13.2 Å². The van der Waals surface area contributed by atoms with E-state index in [1.807, 2.05) is 0 Å². The molecule has 9 nitrogen and oxygen atoms in total. The van der Waals surface area contributed by atoms with Gasteiger partial charge in [0.15, 0.2) is 5.03 Å². The number of carbonyl (C=O) groups is 2. The van der Waals surface area contributed by atoms with E-state index in [0.717, 1.165) is 0 Å². The third-order valence-corrected chi connectivity index (χ3v) is 3.68. The second-order valence-electron chi connectivity index (χ2n) is 3.85. The average Bonchev–Trinajstić information content (AvgIpc) is 2.58. The minimum Gasteiger partial charge on any atom is -0.481 e. The molecule has 0 bridgehead atoms. The summed E-state index contributed by atoms with van der Waals surface area (Å²) in [7, 11) is -2.60. The molecule has 3 N–H and O–H groups in total. The van der Waals surface area contributed by atoms with E-state index >= 15 is 0 Å². The van der Waals surface area contributed by atoms with Gasteiger partial charge in [0.05, 0.1) is 6.42 Å². The van der Waals surface area contributed by atoms with Crippen LogP contribution in [0.1, 0.15) is 12.2 Å². The van der Waals surface area contributed by atoms with E-state index in [-0.39, 0.29) is 5.03 Å². The third kappa shape index (κ3) is 3.76. The number of imidazole rings is 1. The molecule has 0 spiro atoms. The standard InChI is InChI=1S/C9H13N3O6S/c1-5-10-7(4-12(5)2)19(17,18)11-6(9(15)16)3-8(13)14/h4,6,11H,3H2,1-2H3,(H,13,14)(H,15,16)/t6-/m1/s1. The number of nitrogens with zero attached hydrogens (tertiary/aromatic N) is 2. The first kappa shape index (κ1) is 15.1. The van der Waals surface area contributed by atoms with Crippen LogP contribution < -0.4 is 4.72 Å². The topological polar surface area (TPSA) is 139 Å². The number of aromatic nitrogens is 2. The highest BCUT2D eigenvalue weighted by atomic mass is 32.2. The van der Waals surface area contributed by atoms with Crippen LogP contribution in [0.4, 0.5) is 0 Å². The Hall–Kier alpha value is -1.94. The van der Waals surface area contributed by atoms with Crippen molar-refractivity contribution in [2.45, 2.75) is 24.4 Å². The summed E-state index contributed by atoms with van der Waals surface area (Å²) >= 11 is 0. The molecule has 1 aromatic rings. The van der Waals surface area contributed by atoms with Crippen molar-refractivity contribution in [2.75, 3.05) is 0 Å². The van der Waals surface area contributed by atoms with E-state index in [0.29, 0.717) is 5.82 Å². The van der Waals surface area contributed by atoms with Crippen LogP contribution in [-0.2, 0) is 26.7 Å². The number of rotatable bonds is 6. The van der Waals surface area contributed by atoms with Gasteiger partial charge in [-0.25, -0.2) is 13.4 Å². The Kier molecular flexibility index (Phi) is 4.27. The number of hydrogen-bond acceptors (Lipinski definition) is 5. The fourth-order valence-corrected chi connectivity index (χ4v) is 2.49. The summed E-state index contributed by atoms with van der Waals surface area (Å²) in [6.45, 7) is 1.57. The lowest BCUT2D eigenvalue weighted by Crippen LogP contribution is -2.42. The van der Waals surface area contributed by atoms with E-state index in [1.54, 1.807) is 18.7 Å². The molecule has 0 aromatic carbocycles. The molecular formula is C9H13N3O6S. The maximum Gasteiger partial charge on any atom is 0.322 e. The molecule has 19 heavy (non-hydrogen) atoms. The summed E-state index contributed by atoms with van der Waals surface area (Å²) in [4.78, 5) is 25.0. The van der Waals surface area contributed by atoms with E-state index in [1.165, 1.54) is 10.8 Å². The van der Waals surface area contributed by atoms with E-state index in [9.17, 15) is 18.0 Å². The van der Waals surface area contributed by atoms with Gasteiger partial charge in [-0.1, -0.05) is 0 Å². The van der Waals surface area contributed by atoms with Crippen LogP contribution in [0.15, 0.2) is 11.2 Å². The summed E-state index contributed by atoms with van der Waals surface area (Å²) in [5.41, 5.74) is 0. The zero-order valence-corrected chi connectivity index (χ0v) is 11.0. The number of carboxylic acid groups (broad SMARTS) is 2. The summed E-state index contributed by atoms with van der Waals surface area (Å²) in [5, 5.41) is 16.9. The lowest BCUT2D eigenvalue weighted by atomic mass is 10.2. The van der Waals surface area contributed by atoms with Crippen molar-refractivity contribution < 1.29 is 28.2 Å². The van der Waals surface area contributed by atoms with Crippen molar-refractivity contribution in [1.29, 1.82) is 0 Å². The zero-order valence-electron chi connectivity index (χ0n) is 10.2. The predicted octanol–water partition coefficient (Wildman–Crippen LogP) is -1.07. The maximum atomic E-state index is 11.9. The summed E-state index contributed by atoms with van der Waals surface area (Å²) in [6, 6.07) is -1.75. The first-order valence-electron chi connectivity index (χ1n) is 5.10. The summed E-state index contributed by atoms with van der Waals surface area (Å²) in [6.07, 6.45) is 0.345. The average molecular weight is 291 g/mol. The number of nitrogens with one attached hydrogen (secondary N) is 1. The predicted molar refractivity (Wildman–Crippen MR) is 61.9 cm³/mol. The Morgan fingerprint density at radius 1 is 1.47 bits per heavy atom. The number of hydrogen-bond donors (Lipinski definition) is 3. The molecule has 0 unspecified atom stereocenters. The smallest absolute Gasteiger partial charge is 0.322 e. The van der Waals surface area contributed by atoms with Crippen LogP contribution in [0, 0.1) is 6.92 Å². The summed E-state index contributed by atoms with van der Waals surface area (Å²) in [5.74, 6) is -2.57. The maximum absolute atomic E-state index is 11.9. The highest BCUT2D eigenvalue weighted by Gasteiger charge is 2.29. The van der Waals surface area contributed by atoms with Gasteiger partial charge < -0.3 is 14.8 Å². The Bertz CT molecular complexity index is 586. The molecule has 0 radical (unpaired) electrons. The number of aliphatic carboxylic acids is 2. The van der Waals surface area contributed by atoms with E-state index in [4.69, 9.17) is 10.2 Å². The normalized spacial score (nSPS) is 13.2. The molecular weight excluding hydrogens is 278 g/mol. The van der Waals surface area contributed by atoms with Gasteiger partial charge in [-0.15, -0.1) is 0 Å². The molecule has 0 saturated heterocycles. The van der Waals surface area contributed by atoms with Crippen molar-refractivity contribution in [3.8, 4) is 0 Å². The first-order valence-corrected chi connectivity index (χ1v) is 6.58. The molecule has 0 aliphatic rings. The number of aryl methyl sites for hydroxylation is 2. The van der Waals surface area contributed by atoms with Crippen LogP contribution in [0.3, 0.4) is 0 Å². The monoisotopic (exact) mass is 291 g/mol. The van der Waals surface area contributed by atoms with E-state index < -0.39 is 34.4 Å². The molecule has 1 aromatic heterocycles. The highest BCUT2D eigenvalue weighted by molar-refractivity contribution is 7.89. The third-order valence-electron chi connectivity index (χ3n) is 2.34. The van der Waals surface area contributed by atoms with Gasteiger partial charge in [0.2, 0.25) is 0 Å². The lowest BCUT2D eigenvalue weighted by molar-refractivity contribution is -0.145. The van der Waals surface area contributed by atoms with Gasteiger partial charge in [-0.05, 0) is 6.92 Å². The second-order valence-corrected chi connectivity index (χ2v) is 5.51. The fraction of sp³-hybridized carbons (Fsp3) is 0.444. The molecule has 106 valence electrons. The van der Waals surface area contributed by atoms with Crippen LogP contribution in [0.25, 0.3) is 0 Å². The Morgan fingerprint density at radius 2 is 2.05 bits per heavy atom. The van der Waals surface area contributed by atoms with Crippen LogP contribution in [0.5, 0.6) is 0 Å². The molecule has 1 heterocycles. The summed E-state index contributed by atoms with van der Waals surface area (Å²) < 4.78 is 26.9. The van der Waals surface area contributed by atoms with Gasteiger partial charge in [-0.2, -0.15) is 4.72 Å². The Labute approximate surface area is 108 Å². The quantitative estimate of drug-likeness (QED) is 0.606. The molecule has 0 amide bonds. The Morgan fingerprint density at radius 3 is 2.42 bits per heavy atom. The van der Waals surface area contributed by atoms with E-state index in [2.05, 4.69) is 4.98 Å². The van der Waals surface area contributed by atoms with Crippen molar-refractivity contribution in [3.63, 3.8) is 0 Å². The van der Waals surface area contributed by atoms with Gasteiger partial charge in [-0.3, -0.25) is 9.59 Å². The van der Waals surface area contributed by atoms with Gasteiger partial charge in [0.1, 0.15) is 11.9 Å². The van der Waals surface area contributed by atoms with Crippen LogP contribution >= 0.6 is 0 Å². The van der Waals surface area contributed by atoms with Crippen molar-refractivity contribution >= 4 is 22.0 Å². The van der Waals surface area contributed by atoms with Crippen molar-refractivity contribution in [3.05, 3.63) is 12.0 Å². The molecule has 10 heteroatoms. The van der Waals surface area contributed by atoms with Gasteiger partial charge in [0.25, 0.3) is 10.0 Å². The first-order chi connectivity index (χ1) is 8.63. The molecule has 0 aliphatic carbocycles. The molecule has 1 atom stereocenters. The van der Waals surface area contributed by atoms with Crippen molar-refractivity contribution in [2.24, 2.45) is 7.05 Å². The Balaban J connectivity index is 3.00. The van der Waals surface area contributed by atoms with Crippen LogP contribution in [-0.4, -0.2) is 46.2 Å². The minimum atomic E-state index is -4.18. The lowest BCUT2D eigenvalue weighted by Gasteiger charge is -2.11. The second kappa shape index (κ2) is 5.36. The minimum absolute atomic E-state index is 0.357. The molecule has 0 fully saturated rings. The SMILES string of the molecule is Cc1nc(S(=O)(=O)N[C@H](CC(=O)O)C(=O)O)cn1C. The molecule has 1 rings (SSSR count). The molecule has 0 saturated carbocycles. The largest absolute Gasteiger partial charge is 0.481 e. The van der Waals surface area contributed by atoms with Gasteiger partial charge >= 0.3 is 11.9 Å². The highest BCUT2D eigenvalue weighted by Crippen LogP contribution is 2.09. The van der Waals surface area contributed by atoms with Crippen LogP contribution in [0.2, 0.25) is 0 Å². The number of carboxylic acids is 2. The zero-order chi connectivity index (χ0) is 14.8.